The van der Waals surface area contributed by atoms with Gasteiger partial charge in [0.1, 0.15) is 12.1 Å². The Bertz CT molecular complexity index is 784. The van der Waals surface area contributed by atoms with Gasteiger partial charge >= 0.3 is 0 Å². The van der Waals surface area contributed by atoms with Gasteiger partial charge in [0.15, 0.2) is 0 Å². The fourth-order valence-electron chi connectivity index (χ4n) is 4.33. The molecule has 3 aliphatic rings. The van der Waals surface area contributed by atoms with Gasteiger partial charge < -0.3 is 14.7 Å². The molecule has 2 aromatic rings. The van der Waals surface area contributed by atoms with Crippen LogP contribution in [0.25, 0.3) is 0 Å². The normalized spacial score (nSPS) is 21.8. The molecule has 0 aliphatic carbocycles. The van der Waals surface area contributed by atoms with Crippen molar-refractivity contribution in [2.24, 2.45) is 0 Å². The van der Waals surface area contributed by atoms with E-state index in [0.29, 0.717) is 6.04 Å². The average molecular weight is 366 g/mol. The summed E-state index contributed by atoms with van der Waals surface area (Å²) in [5.74, 6) is 2.00. The molecule has 5 heterocycles. The first-order valence-electron chi connectivity index (χ1n) is 9.80. The Morgan fingerprint density at radius 3 is 2.44 bits per heavy atom. The summed E-state index contributed by atoms with van der Waals surface area (Å²) in [6, 6.07) is 2.49. The van der Waals surface area contributed by atoms with E-state index in [1.165, 1.54) is 11.3 Å². The van der Waals surface area contributed by atoms with Crippen molar-refractivity contribution in [2.75, 3.05) is 62.7 Å². The average Bonchev–Trinajstić information content (AvgIpc) is 2.68. The quantitative estimate of drug-likeness (QED) is 0.767. The molecular formula is C19H26N8. The summed E-state index contributed by atoms with van der Waals surface area (Å²) in [6.07, 6.45) is 6.41. The van der Waals surface area contributed by atoms with Crippen molar-refractivity contribution >= 4 is 11.8 Å². The molecule has 0 radical (unpaired) electrons. The molecule has 0 atom stereocenters. The molecule has 2 aromatic heterocycles. The van der Waals surface area contributed by atoms with Crippen LogP contribution in [-0.2, 0) is 13.0 Å². The maximum atomic E-state index is 4.62. The van der Waals surface area contributed by atoms with Gasteiger partial charge in [0.05, 0.1) is 5.69 Å². The third kappa shape index (κ3) is 3.23. The Morgan fingerprint density at radius 2 is 1.67 bits per heavy atom. The van der Waals surface area contributed by atoms with Gasteiger partial charge in [-0.05, 0) is 13.1 Å². The lowest BCUT2D eigenvalue weighted by atomic mass is 10.0. The maximum absolute atomic E-state index is 4.62. The third-order valence-electron chi connectivity index (χ3n) is 6.00. The molecular weight excluding hydrogens is 340 g/mol. The summed E-state index contributed by atoms with van der Waals surface area (Å²) in [4.78, 5) is 27.6. The summed E-state index contributed by atoms with van der Waals surface area (Å²) >= 11 is 0. The van der Waals surface area contributed by atoms with Crippen LogP contribution in [0.4, 0.5) is 11.8 Å². The minimum atomic E-state index is 0.621. The summed E-state index contributed by atoms with van der Waals surface area (Å²) in [5, 5.41) is 0. The molecule has 5 rings (SSSR count). The summed E-state index contributed by atoms with van der Waals surface area (Å²) in [7, 11) is 2.18. The smallest absolute Gasteiger partial charge is 0.225 e. The maximum Gasteiger partial charge on any atom is 0.225 e. The van der Waals surface area contributed by atoms with Gasteiger partial charge in [0.25, 0.3) is 0 Å². The first-order chi connectivity index (χ1) is 13.3. The predicted molar refractivity (Wildman–Crippen MR) is 104 cm³/mol. The topological polar surface area (TPSA) is 64.5 Å². The molecule has 0 unspecified atom stereocenters. The lowest BCUT2D eigenvalue weighted by molar-refractivity contribution is 0.156. The molecule has 0 saturated carbocycles. The molecule has 142 valence electrons. The highest BCUT2D eigenvalue weighted by Crippen LogP contribution is 2.30. The minimum absolute atomic E-state index is 0.621. The Balaban J connectivity index is 1.19. The van der Waals surface area contributed by atoms with Crippen LogP contribution in [0.1, 0.15) is 11.3 Å². The van der Waals surface area contributed by atoms with Crippen LogP contribution < -0.4 is 9.80 Å². The molecule has 0 N–H and O–H groups in total. The van der Waals surface area contributed by atoms with Crippen LogP contribution in [0, 0.1) is 0 Å². The number of piperazine rings is 1. The predicted octanol–water partition coefficient (Wildman–Crippen LogP) is 0.265. The lowest BCUT2D eigenvalue weighted by Gasteiger charge is -2.49. The minimum Gasteiger partial charge on any atom is -0.353 e. The number of likely N-dealkylation sites (N-methyl/N-ethyl adjacent to an activating group) is 1. The van der Waals surface area contributed by atoms with E-state index in [1.54, 1.807) is 6.33 Å². The highest BCUT2D eigenvalue weighted by Gasteiger charge is 2.36. The molecule has 8 nitrogen and oxygen atoms in total. The lowest BCUT2D eigenvalue weighted by Crippen LogP contribution is -2.63. The van der Waals surface area contributed by atoms with Crippen LogP contribution in [-0.4, -0.2) is 88.6 Å². The number of fused-ring (bicyclic) bond motifs is 1. The molecule has 2 saturated heterocycles. The molecule has 0 aromatic carbocycles. The second-order valence-corrected chi connectivity index (χ2v) is 7.74. The summed E-state index contributed by atoms with van der Waals surface area (Å²) in [6.45, 7) is 8.30. The van der Waals surface area contributed by atoms with E-state index in [2.05, 4.69) is 46.6 Å². The standard InChI is InChI=1S/C19H26N8/c1-24-6-3-17-16(13-24)18(23-14-22-17)27-11-15(12-27)25-7-9-26(10-8-25)19-20-4-2-5-21-19/h2,4-5,14-15H,3,6-13H2,1H3. The number of aromatic nitrogens is 4. The summed E-state index contributed by atoms with van der Waals surface area (Å²) in [5.41, 5.74) is 2.56. The third-order valence-corrected chi connectivity index (χ3v) is 6.00. The molecule has 8 heteroatoms. The van der Waals surface area contributed by atoms with E-state index < -0.39 is 0 Å². The van der Waals surface area contributed by atoms with Crippen molar-refractivity contribution in [3.8, 4) is 0 Å². The zero-order chi connectivity index (χ0) is 18.2. The molecule has 2 fully saturated rings. The Labute approximate surface area is 159 Å². The number of rotatable bonds is 3. The molecule has 3 aliphatic heterocycles. The SMILES string of the molecule is CN1CCc2ncnc(N3CC(N4CCN(c5ncccn5)CC4)C3)c2C1. The Kier molecular flexibility index (Phi) is 4.37. The van der Waals surface area contributed by atoms with Crippen molar-refractivity contribution in [1.29, 1.82) is 0 Å². The zero-order valence-corrected chi connectivity index (χ0v) is 15.8. The van der Waals surface area contributed by atoms with Gasteiger partial charge in [-0.3, -0.25) is 4.90 Å². The zero-order valence-electron chi connectivity index (χ0n) is 15.8. The Morgan fingerprint density at radius 1 is 0.889 bits per heavy atom. The second-order valence-electron chi connectivity index (χ2n) is 7.74. The number of hydrogen-bond acceptors (Lipinski definition) is 8. The largest absolute Gasteiger partial charge is 0.353 e. The first kappa shape index (κ1) is 16.8. The van der Waals surface area contributed by atoms with Crippen LogP contribution in [0.2, 0.25) is 0 Å². The van der Waals surface area contributed by atoms with E-state index in [-0.39, 0.29) is 0 Å². The summed E-state index contributed by atoms with van der Waals surface area (Å²) < 4.78 is 0. The fraction of sp³-hybridized carbons (Fsp3) is 0.579. The number of hydrogen-bond donors (Lipinski definition) is 0. The van der Waals surface area contributed by atoms with Gasteiger partial charge in [-0.1, -0.05) is 0 Å². The van der Waals surface area contributed by atoms with E-state index in [4.69, 9.17) is 0 Å². The van der Waals surface area contributed by atoms with Gasteiger partial charge in [0.2, 0.25) is 5.95 Å². The molecule has 0 spiro atoms. The van der Waals surface area contributed by atoms with E-state index in [1.807, 2.05) is 18.5 Å². The van der Waals surface area contributed by atoms with Crippen LogP contribution in [0.5, 0.6) is 0 Å². The van der Waals surface area contributed by atoms with E-state index >= 15 is 0 Å². The van der Waals surface area contributed by atoms with Gasteiger partial charge in [-0.15, -0.1) is 0 Å². The van der Waals surface area contributed by atoms with Crippen molar-refractivity contribution in [3.05, 3.63) is 36.0 Å². The van der Waals surface area contributed by atoms with E-state index in [9.17, 15) is 0 Å². The Hall–Kier alpha value is -2.32. The highest BCUT2D eigenvalue weighted by atomic mass is 15.4. The fourth-order valence-corrected chi connectivity index (χ4v) is 4.33. The molecule has 0 amide bonds. The van der Waals surface area contributed by atoms with Crippen LogP contribution >= 0.6 is 0 Å². The van der Waals surface area contributed by atoms with Gasteiger partial charge in [0, 0.05) is 82.8 Å². The highest BCUT2D eigenvalue weighted by molar-refractivity contribution is 5.52. The van der Waals surface area contributed by atoms with Crippen LogP contribution in [0.15, 0.2) is 24.8 Å². The van der Waals surface area contributed by atoms with Crippen molar-refractivity contribution in [1.82, 2.24) is 29.7 Å². The van der Waals surface area contributed by atoms with Crippen molar-refractivity contribution in [3.63, 3.8) is 0 Å². The second kappa shape index (κ2) is 7.01. The molecule has 0 bridgehead atoms. The van der Waals surface area contributed by atoms with Gasteiger partial charge in [-0.25, -0.2) is 19.9 Å². The van der Waals surface area contributed by atoms with Crippen molar-refractivity contribution in [2.45, 2.75) is 19.0 Å². The van der Waals surface area contributed by atoms with E-state index in [0.717, 1.165) is 70.5 Å². The van der Waals surface area contributed by atoms with Crippen molar-refractivity contribution < 1.29 is 0 Å². The van der Waals surface area contributed by atoms with Gasteiger partial charge in [-0.2, -0.15) is 0 Å². The monoisotopic (exact) mass is 366 g/mol. The number of anilines is 2. The molecule has 27 heavy (non-hydrogen) atoms. The first-order valence-corrected chi connectivity index (χ1v) is 9.80. The number of nitrogens with zero attached hydrogens (tertiary/aromatic N) is 8. The van der Waals surface area contributed by atoms with Crippen LogP contribution in [0.3, 0.4) is 0 Å².